The maximum absolute atomic E-state index is 9.65. The Morgan fingerprint density at radius 2 is 2.13 bits per heavy atom. The molecule has 6 nitrogen and oxygen atoms in total. The van der Waals surface area contributed by atoms with Crippen LogP contribution in [0.1, 0.15) is 37.8 Å². The van der Waals surface area contributed by atoms with Gasteiger partial charge in [-0.1, -0.05) is 17.7 Å². The summed E-state index contributed by atoms with van der Waals surface area (Å²) >= 11 is 6.47. The van der Waals surface area contributed by atoms with Crippen LogP contribution in [0, 0.1) is 22.7 Å². The van der Waals surface area contributed by atoms with Crippen molar-refractivity contribution in [2.45, 2.75) is 44.6 Å². The molecule has 4 rings (SSSR count). The zero-order chi connectivity index (χ0) is 21.0. The summed E-state index contributed by atoms with van der Waals surface area (Å²) in [6.07, 6.45) is 7.42. The minimum atomic E-state index is -0.403. The van der Waals surface area contributed by atoms with Crippen LogP contribution >= 0.6 is 11.6 Å². The van der Waals surface area contributed by atoms with E-state index in [1.807, 2.05) is 24.3 Å². The number of anilines is 1. The van der Waals surface area contributed by atoms with Crippen LogP contribution in [-0.4, -0.2) is 35.8 Å². The predicted molar refractivity (Wildman–Crippen MR) is 118 cm³/mol. The summed E-state index contributed by atoms with van der Waals surface area (Å²) in [5.41, 5.74) is 8.36. The average molecular weight is 426 g/mol. The van der Waals surface area contributed by atoms with Crippen molar-refractivity contribution in [3.63, 3.8) is 0 Å². The lowest BCUT2D eigenvalue weighted by Crippen LogP contribution is -2.34. The van der Waals surface area contributed by atoms with Crippen LogP contribution in [0.25, 0.3) is 11.3 Å². The Hall–Kier alpha value is -2.20. The first-order valence-corrected chi connectivity index (χ1v) is 11.0. The van der Waals surface area contributed by atoms with Crippen LogP contribution in [0.4, 0.5) is 5.82 Å². The number of nitrogens with zero attached hydrogens (tertiary/aromatic N) is 3. The van der Waals surface area contributed by atoms with E-state index in [0.717, 1.165) is 61.3 Å². The molecule has 2 aromatic rings. The van der Waals surface area contributed by atoms with Crippen LogP contribution in [0.15, 0.2) is 30.5 Å². The molecule has 1 saturated heterocycles. The topological polar surface area (TPSA) is 96.9 Å². The zero-order valence-corrected chi connectivity index (χ0v) is 17.9. The molecule has 0 radical (unpaired) electrons. The summed E-state index contributed by atoms with van der Waals surface area (Å²) in [5.74, 6) is 1.33. The lowest BCUT2D eigenvalue weighted by molar-refractivity contribution is 0.0455. The van der Waals surface area contributed by atoms with E-state index in [4.69, 9.17) is 27.1 Å². The van der Waals surface area contributed by atoms with Gasteiger partial charge in [0.05, 0.1) is 22.2 Å². The minimum Gasteiger partial charge on any atom is -0.381 e. The highest BCUT2D eigenvalue weighted by atomic mass is 35.5. The molecule has 0 aromatic carbocycles. The number of aromatic nitrogens is 2. The molecule has 2 atom stereocenters. The highest BCUT2D eigenvalue weighted by Gasteiger charge is 2.32. The van der Waals surface area contributed by atoms with E-state index in [1.54, 1.807) is 6.20 Å². The van der Waals surface area contributed by atoms with Gasteiger partial charge in [-0.3, -0.25) is 4.98 Å². The molecule has 1 aliphatic heterocycles. The molecule has 1 saturated carbocycles. The quantitative estimate of drug-likeness (QED) is 0.719. The Morgan fingerprint density at radius 3 is 2.87 bits per heavy atom. The summed E-state index contributed by atoms with van der Waals surface area (Å²) in [7, 11) is 0. The maximum Gasteiger partial charge on any atom is 0.126 e. The van der Waals surface area contributed by atoms with Crippen LogP contribution < -0.4 is 11.1 Å². The van der Waals surface area contributed by atoms with Crippen LogP contribution in [0.3, 0.4) is 0 Å². The van der Waals surface area contributed by atoms with Crippen molar-refractivity contribution in [3.8, 4) is 17.3 Å². The van der Waals surface area contributed by atoms with Gasteiger partial charge in [0.2, 0.25) is 0 Å². The van der Waals surface area contributed by atoms with Gasteiger partial charge in [-0.25, -0.2) is 4.98 Å². The van der Waals surface area contributed by atoms with Gasteiger partial charge < -0.3 is 15.8 Å². The Balaban J connectivity index is 1.49. The number of rotatable bonds is 6. The largest absolute Gasteiger partial charge is 0.381 e. The number of hydrogen-bond donors (Lipinski definition) is 2. The van der Waals surface area contributed by atoms with Gasteiger partial charge in [0.15, 0.2) is 0 Å². The fraction of sp³-hybridized carbons (Fsp3) is 0.522. The molecule has 0 spiro atoms. The first-order valence-electron chi connectivity index (χ1n) is 10.7. The first-order chi connectivity index (χ1) is 14.6. The second-order valence-electron chi connectivity index (χ2n) is 8.56. The van der Waals surface area contributed by atoms with Gasteiger partial charge in [-0.15, -0.1) is 0 Å². The summed E-state index contributed by atoms with van der Waals surface area (Å²) in [6.45, 7) is 1.81. The lowest BCUT2D eigenvalue weighted by atomic mass is 9.82. The van der Waals surface area contributed by atoms with Crippen molar-refractivity contribution in [1.29, 1.82) is 5.26 Å². The second kappa shape index (κ2) is 9.30. The third-order valence-corrected chi connectivity index (χ3v) is 6.61. The fourth-order valence-electron chi connectivity index (χ4n) is 4.42. The summed E-state index contributed by atoms with van der Waals surface area (Å²) < 4.78 is 5.41. The molecular formula is C23H28ClN5O. The number of nitriles is 1. The summed E-state index contributed by atoms with van der Waals surface area (Å²) in [6, 6.07) is 10.7. The molecule has 0 amide bonds. The summed E-state index contributed by atoms with van der Waals surface area (Å²) in [5, 5.41) is 13.6. The molecule has 30 heavy (non-hydrogen) atoms. The van der Waals surface area contributed by atoms with E-state index >= 15 is 0 Å². The van der Waals surface area contributed by atoms with Gasteiger partial charge in [0.25, 0.3) is 0 Å². The van der Waals surface area contributed by atoms with Crippen molar-refractivity contribution in [2.24, 2.45) is 17.1 Å². The molecule has 0 bridgehead atoms. The third-order valence-electron chi connectivity index (χ3n) is 6.31. The molecule has 2 aromatic heterocycles. The van der Waals surface area contributed by atoms with Gasteiger partial charge in [0, 0.05) is 43.3 Å². The van der Waals surface area contributed by atoms with E-state index < -0.39 is 5.41 Å². The van der Waals surface area contributed by atoms with Gasteiger partial charge in [-0.2, -0.15) is 5.26 Å². The van der Waals surface area contributed by atoms with E-state index in [2.05, 4.69) is 16.4 Å². The highest BCUT2D eigenvalue weighted by molar-refractivity contribution is 6.33. The maximum atomic E-state index is 9.65. The normalized spacial score (nSPS) is 23.1. The van der Waals surface area contributed by atoms with E-state index in [1.165, 1.54) is 0 Å². The van der Waals surface area contributed by atoms with Crippen molar-refractivity contribution < 1.29 is 4.74 Å². The van der Waals surface area contributed by atoms with E-state index in [0.29, 0.717) is 36.7 Å². The van der Waals surface area contributed by atoms with Crippen LogP contribution in [0.2, 0.25) is 5.02 Å². The number of hydrogen-bond acceptors (Lipinski definition) is 6. The van der Waals surface area contributed by atoms with Gasteiger partial charge in [-0.05, 0) is 62.6 Å². The summed E-state index contributed by atoms with van der Waals surface area (Å²) in [4.78, 5) is 9.28. The first kappa shape index (κ1) is 21.0. The molecule has 7 heteroatoms. The standard InChI is InChI=1S/C23H28ClN5O/c24-20-13-27-18(11-16-4-5-17(26)10-16)12-19(20)21-2-1-3-22(29-21)28-15-23(14-25)6-8-30-9-7-23/h1-3,12-13,16-17H,4-11,15,26H2,(H,28,29)/t16-,17-/m1/s1. The Bertz CT molecular complexity index is 922. The van der Waals surface area contributed by atoms with Crippen molar-refractivity contribution in [2.75, 3.05) is 25.1 Å². The Morgan fingerprint density at radius 1 is 1.30 bits per heavy atom. The molecule has 1 aliphatic carbocycles. The monoisotopic (exact) mass is 425 g/mol. The molecule has 3 heterocycles. The SMILES string of the molecule is N#CC1(CNc2cccc(-c3cc(C[C@@H]4CC[C@@H](N)C4)ncc3Cl)n2)CCOCC1. The number of pyridine rings is 2. The minimum absolute atomic E-state index is 0.318. The lowest BCUT2D eigenvalue weighted by Gasteiger charge is -2.30. The average Bonchev–Trinajstić information content (AvgIpc) is 3.19. The zero-order valence-electron chi connectivity index (χ0n) is 17.1. The molecule has 0 unspecified atom stereocenters. The van der Waals surface area contributed by atoms with E-state index in [9.17, 15) is 5.26 Å². The molecule has 2 aliphatic rings. The third kappa shape index (κ3) is 4.92. The fourth-order valence-corrected chi connectivity index (χ4v) is 4.62. The Kier molecular flexibility index (Phi) is 6.52. The number of nitrogens with two attached hydrogens (primary N) is 1. The molecular weight excluding hydrogens is 398 g/mol. The van der Waals surface area contributed by atoms with Crippen molar-refractivity contribution >= 4 is 17.4 Å². The Labute approximate surface area is 182 Å². The molecule has 2 fully saturated rings. The van der Waals surface area contributed by atoms with Crippen LogP contribution in [-0.2, 0) is 11.2 Å². The number of nitrogens with one attached hydrogen (secondary N) is 1. The highest BCUT2D eigenvalue weighted by Crippen LogP contribution is 2.32. The van der Waals surface area contributed by atoms with Crippen molar-refractivity contribution in [1.82, 2.24) is 9.97 Å². The number of halogens is 1. The van der Waals surface area contributed by atoms with Crippen LogP contribution in [0.5, 0.6) is 0 Å². The molecule has 158 valence electrons. The van der Waals surface area contributed by atoms with Gasteiger partial charge in [0.1, 0.15) is 5.82 Å². The van der Waals surface area contributed by atoms with Crippen molar-refractivity contribution in [3.05, 3.63) is 41.2 Å². The van der Waals surface area contributed by atoms with E-state index in [-0.39, 0.29) is 0 Å². The predicted octanol–water partition coefficient (Wildman–Crippen LogP) is 4.20. The molecule has 3 N–H and O–H groups in total. The van der Waals surface area contributed by atoms with Gasteiger partial charge >= 0.3 is 0 Å². The second-order valence-corrected chi connectivity index (χ2v) is 8.97. The number of ether oxygens (including phenoxy) is 1. The smallest absolute Gasteiger partial charge is 0.126 e.